The Morgan fingerprint density at radius 1 is 1.28 bits per heavy atom. The number of amides is 1. The van der Waals surface area contributed by atoms with Gasteiger partial charge in [0.1, 0.15) is 0 Å². The van der Waals surface area contributed by atoms with Crippen molar-refractivity contribution in [2.24, 2.45) is 5.92 Å². The number of esters is 1. The molecule has 1 aliphatic rings. The smallest absolute Gasteiger partial charge is 0.410 e. The SMILES string of the molecule is CCOC(=O)COC(=O)N1CCCC(CC#Cc2ccc(Cl)cc2)C1. The molecule has 1 heterocycles. The minimum Gasteiger partial charge on any atom is -0.463 e. The summed E-state index contributed by atoms with van der Waals surface area (Å²) in [5.74, 6) is 6.06. The summed E-state index contributed by atoms with van der Waals surface area (Å²) in [5.41, 5.74) is 0.922. The summed E-state index contributed by atoms with van der Waals surface area (Å²) < 4.78 is 9.74. The van der Waals surface area contributed by atoms with E-state index in [4.69, 9.17) is 21.1 Å². The zero-order valence-corrected chi connectivity index (χ0v) is 15.1. The highest BCUT2D eigenvalue weighted by Crippen LogP contribution is 2.20. The lowest BCUT2D eigenvalue weighted by Crippen LogP contribution is -2.40. The number of hydrogen-bond acceptors (Lipinski definition) is 4. The second-order valence-corrected chi connectivity index (χ2v) is 6.26. The summed E-state index contributed by atoms with van der Waals surface area (Å²) in [7, 11) is 0. The lowest BCUT2D eigenvalue weighted by molar-refractivity contribution is -0.146. The van der Waals surface area contributed by atoms with Crippen LogP contribution in [0.5, 0.6) is 0 Å². The molecule has 0 aromatic heterocycles. The Morgan fingerprint density at radius 3 is 2.76 bits per heavy atom. The molecule has 5 nitrogen and oxygen atoms in total. The fourth-order valence-corrected chi connectivity index (χ4v) is 2.77. The lowest BCUT2D eigenvalue weighted by atomic mass is 9.95. The topological polar surface area (TPSA) is 55.8 Å². The van der Waals surface area contributed by atoms with E-state index >= 15 is 0 Å². The number of likely N-dealkylation sites (tertiary alicyclic amines) is 1. The number of nitrogens with zero attached hydrogens (tertiary/aromatic N) is 1. The summed E-state index contributed by atoms with van der Waals surface area (Å²) in [4.78, 5) is 24.9. The number of benzene rings is 1. The number of carbonyl (C=O) groups excluding carboxylic acids is 2. The molecule has 0 saturated carbocycles. The first-order chi connectivity index (χ1) is 12.1. The van der Waals surface area contributed by atoms with E-state index < -0.39 is 12.1 Å². The van der Waals surface area contributed by atoms with Gasteiger partial charge in [0, 0.05) is 30.1 Å². The van der Waals surface area contributed by atoms with E-state index in [0.29, 0.717) is 30.5 Å². The first kappa shape index (κ1) is 19.1. The van der Waals surface area contributed by atoms with Gasteiger partial charge in [-0.05, 0) is 49.9 Å². The molecule has 1 saturated heterocycles. The quantitative estimate of drug-likeness (QED) is 0.607. The molecule has 1 aromatic carbocycles. The van der Waals surface area contributed by atoms with Crippen LogP contribution in [-0.4, -0.2) is 43.3 Å². The van der Waals surface area contributed by atoms with Crippen molar-refractivity contribution in [2.75, 3.05) is 26.3 Å². The molecule has 1 unspecified atom stereocenters. The van der Waals surface area contributed by atoms with E-state index in [9.17, 15) is 9.59 Å². The van der Waals surface area contributed by atoms with Crippen LogP contribution in [0.2, 0.25) is 5.02 Å². The molecule has 0 N–H and O–H groups in total. The van der Waals surface area contributed by atoms with Crippen LogP contribution in [0, 0.1) is 17.8 Å². The Morgan fingerprint density at radius 2 is 2.04 bits per heavy atom. The fraction of sp³-hybridized carbons (Fsp3) is 0.474. The van der Waals surface area contributed by atoms with Gasteiger partial charge in [-0.3, -0.25) is 0 Å². The van der Waals surface area contributed by atoms with Crippen molar-refractivity contribution in [3.8, 4) is 11.8 Å². The van der Waals surface area contributed by atoms with E-state index in [1.807, 2.05) is 24.3 Å². The molecule has 0 spiro atoms. The van der Waals surface area contributed by atoms with Crippen LogP contribution in [0.3, 0.4) is 0 Å². The Bertz CT molecular complexity index is 648. The Balaban J connectivity index is 1.79. The Kier molecular flexibility index (Phi) is 7.62. The number of hydrogen-bond donors (Lipinski definition) is 0. The first-order valence-corrected chi connectivity index (χ1v) is 8.78. The largest absolute Gasteiger partial charge is 0.463 e. The summed E-state index contributed by atoms with van der Waals surface area (Å²) in [6, 6.07) is 7.39. The molecule has 0 bridgehead atoms. The molecule has 25 heavy (non-hydrogen) atoms. The molecule has 1 fully saturated rings. The van der Waals surface area contributed by atoms with Crippen LogP contribution in [0.15, 0.2) is 24.3 Å². The van der Waals surface area contributed by atoms with Crippen LogP contribution >= 0.6 is 11.6 Å². The average molecular weight is 364 g/mol. The van der Waals surface area contributed by atoms with E-state index in [-0.39, 0.29) is 13.2 Å². The van der Waals surface area contributed by atoms with Gasteiger partial charge >= 0.3 is 12.1 Å². The third-order valence-electron chi connectivity index (χ3n) is 3.86. The monoisotopic (exact) mass is 363 g/mol. The number of halogens is 1. The predicted molar refractivity (Wildman–Crippen MR) is 95.2 cm³/mol. The van der Waals surface area contributed by atoms with Crippen LogP contribution in [0.1, 0.15) is 31.7 Å². The third kappa shape index (κ3) is 6.67. The molecule has 6 heteroatoms. The fourth-order valence-electron chi connectivity index (χ4n) is 2.64. The Labute approximate surface area is 153 Å². The third-order valence-corrected chi connectivity index (χ3v) is 4.12. The normalized spacial score (nSPS) is 16.6. The van der Waals surface area contributed by atoms with Gasteiger partial charge in [-0.15, -0.1) is 0 Å². The van der Waals surface area contributed by atoms with Gasteiger partial charge in [-0.2, -0.15) is 0 Å². The molecular formula is C19H22ClNO4. The predicted octanol–water partition coefficient (Wildman–Crippen LogP) is 3.49. The van der Waals surface area contributed by atoms with Crippen molar-refractivity contribution >= 4 is 23.7 Å². The van der Waals surface area contributed by atoms with E-state index in [1.54, 1.807) is 11.8 Å². The van der Waals surface area contributed by atoms with Gasteiger partial charge in [0.25, 0.3) is 0 Å². The standard InChI is InChI=1S/C19H22ClNO4/c1-2-24-18(22)14-25-19(23)21-12-4-7-16(13-21)6-3-5-15-8-10-17(20)11-9-15/h8-11,16H,2,4,6-7,12-14H2,1H3. The van der Waals surface area contributed by atoms with Gasteiger partial charge in [-0.25, -0.2) is 9.59 Å². The molecule has 1 atom stereocenters. The highest BCUT2D eigenvalue weighted by molar-refractivity contribution is 6.30. The van der Waals surface area contributed by atoms with Crippen molar-refractivity contribution in [3.63, 3.8) is 0 Å². The molecule has 2 rings (SSSR count). The molecule has 1 aliphatic heterocycles. The Hall–Kier alpha value is -2.19. The van der Waals surface area contributed by atoms with Crippen LogP contribution in [0.4, 0.5) is 4.79 Å². The maximum Gasteiger partial charge on any atom is 0.410 e. The van der Waals surface area contributed by atoms with E-state index in [1.165, 1.54) is 0 Å². The van der Waals surface area contributed by atoms with Gasteiger partial charge in [0.2, 0.25) is 0 Å². The van der Waals surface area contributed by atoms with Gasteiger partial charge in [0.05, 0.1) is 6.61 Å². The van der Waals surface area contributed by atoms with Crippen molar-refractivity contribution in [1.82, 2.24) is 4.90 Å². The minimum absolute atomic E-state index is 0.272. The lowest BCUT2D eigenvalue weighted by Gasteiger charge is -2.31. The molecule has 0 radical (unpaired) electrons. The number of carbonyl (C=O) groups is 2. The maximum absolute atomic E-state index is 12.0. The van der Waals surface area contributed by atoms with Crippen molar-refractivity contribution < 1.29 is 19.1 Å². The molecule has 0 aliphatic carbocycles. The van der Waals surface area contributed by atoms with Crippen LogP contribution in [0.25, 0.3) is 0 Å². The molecule has 1 aromatic rings. The summed E-state index contributed by atoms with van der Waals surface area (Å²) in [6.45, 7) is 2.87. The van der Waals surface area contributed by atoms with Gasteiger partial charge in [0.15, 0.2) is 6.61 Å². The highest BCUT2D eigenvalue weighted by Gasteiger charge is 2.24. The minimum atomic E-state index is -0.529. The van der Waals surface area contributed by atoms with Gasteiger partial charge < -0.3 is 14.4 Å². The summed E-state index contributed by atoms with van der Waals surface area (Å²) >= 11 is 5.85. The average Bonchev–Trinajstić information content (AvgIpc) is 2.62. The van der Waals surface area contributed by atoms with Crippen molar-refractivity contribution in [2.45, 2.75) is 26.2 Å². The summed E-state index contributed by atoms with van der Waals surface area (Å²) in [6.07, 6.45) is 2.17. The van der Waals surface area contributed by atoms with E-state index in [0.717, 1.165) is 18.4 Å². The molecule has 134 valence electrons. The summed E-state index contributed by atoms with van der Waals surface area (Å²) in [5, 5.41) is 0.690. The zero-order valence-electron chi connectivity index (χ0n) is 14.3. The molecule has 1 amide bonds. The molecular weight excluding hydrogens is 342 g/mol. The number of rotatable bonds is 4. The second kappa shape index (κ2) is 9.95. The second-order valence-electron chi connectivity index (χ2n) is 5.83. The highest BCUT2D eigenvalue weighted by atomic mass is 35.5. The first-order valence-electron chi connectivity index (χ1n) is 8.40. The van der Waals surface area contributed by atoms with Crippen LogP contribution < -0.4 is 0 Å². The van der Waals surface area contributed by atoms with Crippen molar-refractivity contribution in [3.05, 3.63) is 34.9 Å². The maximum atomic E-state index is 12.0. The zero-order chi connectivity index (χ0) is 18.1. The number of ether oxygens (including phenoxy) is 2. The van der Waals surface area contributed by atoms with Crippen LogP contribution in [-0.2, 0) is 14.3 Å². The van der Waals surface area contributed by atoms with Gasteiger partial charge in [-0.1, -0.05) is 23.4 Å². The van der Waals surface area contributed by atoms with Crippen molar-refractivity contribution in [1.29, 1.82) is 0 Å². The van der Waals surface area contributed by atoms with E-state index in [2.05, 4.69) is 11.8 Å². The number of piperidine rings is 1.